The fourth-order valence-corrected chi connectivity index (χ4v) is 1.87. The first-order valence-electron chi connectivity index (χ1n) is 5.42. The molecule has 5 nitrogen and oxygen atoms in total. The number of H-pyrrole nitrogens is 1. The Balaban J connectivity index is 2.41. The summed E-state index contributed by atoms with van der Waals surface area (Å²) >= 11 is 0. The monoisotopic (exact) mass is 239 g/mol. The Morgan fingerprint density at radius 1 is 1.11 bits per heavy atom. The van der Waals surface area contributed by atoms with Gasteiger partial charge in [-0.05, 0) is 29.7 Å². The maximum absolute atomic E-state index is 12.3. The molecule has 3 heterocycles. The minimum atomic E-state index is -0.386. The molecule has 1 N–H and O–H groups in total. The molecule has 0 aliphatic rings. The predicted octanol–water partition coefficient (Wildman–Crippen LogP) is 1.07. The van der Waals surface area contributed by atoms with Crippen LogP contribution in [0.1, 0.15) is 0 Å². The van der Waals surface area contributed by atoms with Gasteiger partial charge in [-0.25, -0.2) is 4.98 Å². The summed E-state index contributed by atoms with van der Waals surface area (Å²) in [6, 6.07) is 8.68. The second-order valence-corrected chi connectivity index (χ2v) is 3.82. The highest BCUT2D eigenvalue weighted by atomic mass is 16.1. The van der Waals surface area contributed by atoms with E-state index in [4.69, 9.17) is 0 Å². The molecule has 0 spiro atoms. The number of aromatic nitrogens is 3. The molecule has 0 aromatic carbocycles. The molecule has 0 amide bonds. The summed E-state index contributed by atoms with van der Waals surface area (Å²) in [5.74, 6) is 0.493. The number of hydrogen-bond donors (Lipinski definition) is 1. The fourth-order valence-electron chi connectivity index (χ4n) is 1.87. The van der Waals surface area contributed by atoms with Crippen LogP contribution >= 0.6 is 0 Å². The van der Waals surface area contributed by atoms with Crippen molar-refractivity contribution in [3.63, 3.8) is 0 Å². The molecule has 3 aromatic rings. The quantitative estimate of drug-likeness (QED) is 0.690. The third-order valence-electron chi connectivity index (χ3n) is 2.72. The van der Waals surface area contributed by atoms with Crippen LogP contribution in [0.3, 0.4) is 0 Å². The first-order valence-corrected chi connectivity index (χ1v) is 5.42. The van der Waals surface area contributed by atoms with Crippen LogP contribution in [-0.4, -0.2) is 14.5 Å². The molecule has 0 aliphatic heterocycles. The molecule has 0 bridgehead atoms. The standard InChI is InChI=1S/C13H9N3O2/c17-12-11-9(4-7-15-12)5-8-16(13(11)18)10-3-1-2-6-14-10/h1-8H,(H,15,17). The van der Waals surface area contributed by atoms with Crippen LogP contribution in [0.4, 0.5) is 0 Å². The molecule has 0 atom stereocenters. The molecule has 3 rings (SSSR count). The minimum Gasteiger partial charge on any atom is -0.328 e. The lowest BCUT2D eigenvalue weighted by molar-refractivity contribution is 0.952. The van der Waals surface area contributed by atoms with E-state index in [1.165, 1.54) is 10.8 Å². The number of nitrogens with one attached hydrogen (secondary N) is 1. The van der Waals surface area contributed by atoms with E-state index >= 15 is 0 Å². The van der Waals surface area contributed by atoms with Crippen molar-refractivity contribution in [2.24, 2.45) is 0 Å². The summed E-state index contributed by atoms with van der Waals surface area (Å²) in [5.41, 5.74) is -0.754. The van der Waals surface area contributed by atoms with Gasteiger partial charge >= 0.3 is 0 Å². The van der Waals surface area contributed by atoms with Crippen molar-refractivity contribution in [1.82, 2.24) is 14.5 Å². The lowest BCUT2D eigenvalue weighted by Gasteiger charge is -2.05. The van der Waals surface area contributed by atoms with Gasteiger partial charge in [-0.3, -0.25) is 14.2 Å². The van der Waals surface area contributed by atoms with E-state index in [2.05, 4.69) is 9.97 Å². The largest absolute Gasteiger partial charge is 0.328 e. The third kappa shape index (κ3) is 1.53. The first kappa shape index (κ1) is 10.5. The van der Waals surface area contributed by atoms with Crippen LogP contribution in [0.15, 0.2) is 58.5 Å². The highest BCUT2D eigenvalue weighted by Gasteiger charge is 2.07. The van der Waals surface area contributed by atoms with Gasteiger partial charge in [0.1, 0.15) is 11.2 Å². The average Bonchev–Trinajstić information content (AvgIpc) is 2.40. The maximum Gasteiger partial charge on any atom is 0.269 e. The molecule has 0 aliphatic carbocycles. The highest BCUT2D eigenvalue weighted by Crippen LogP contribution is 2.06. The van der Waals surface area contributed by atoms with E-state index in [0.29, 0.717) is 11.2 Å². The summed E-state index contributed by atoms with van der Waals surface area (Å²) < 4.78 is 1.36. The summed E-state index contributed by atoms with van der Waals surface area (Å²) in [4.78, 5) is 30.5. The van der Waals surface area contributed by atoms with E-state index in [9.17, 15) is 9.59 Å². The molecular formula is C13H9N3O2. The first-order chi connectivity index (χ1) is 8.77. The number of hydrogen-bond acceptors (Lipinski definition) is 3. The van der Waals surface area contributed by atoms with Gasteiger partial charge in [-0.2, -0.15) is 0 Å². The Kier molecular flexibility index (Phi) is 2.30. The summed E-state index contributed by atoms with van der Waals surface area (Å²) in [6.07, 6.45) is 4.74. The summed E-state index contributed by atoms with van der Waals surface area (Å²) in [6.45, 7) is 0. The van der Waals surface area contributed by atoms with Gasteiger partial charge in [0, 0.05) is 18.6 Å². The van der Waals surface area contributed by atoms with Crippen molar-refractivity contribution in [1.29, 1.82) is 0 Å². The maximum atomic E-state index is 12.3. The van der Waals surface area contributed by atoms with Gasteiger partial charge < -0.3 is 4.98 Å². The second kappa shape index (κ2) is 3.96. The van der Waals surface area contributed by atoms with E-state index in [1.807, 2.05) is 0 Å². The zero-order chi connectivity index (χ0) is 12.5. The van der Waals surface area contributed by atoms with Crippen molar-refractivity contribution in [3.05, 3.63) is 69.6 Å². The van der Waals surface area contributed by atoms with Crippen molar-refractivity contribution in [3.8, 4) is 5.82 Å². The normalized spacial score (nSPS) is 10.7. The van der Waals surface area contributed by atoms with Crippen molar-refractivity contribution >= 4 is 10.8 Å². The van der Waals surface area contributed by atoms with Gasteiger partial charge in [0.15, 0.2) is 0 Å². The Labute approximate surface area is 101 Å². The molecule has 0 saturated carbocycles. The Morgan fingerprint density at radius 2 is 2.00 bits per heavy atom. The Hall–Kier alpha value is -2.69. The molecule has 0 saturated heterocycles. The van der Waals surface area contributed by atoms with Crippen LogP contribution in [0.2, 0.25) is 0 Å². The molecule has 0 radical (unpaired) electrons. The van der Waals surface area contributed by atoms with E-state index in [-0.39, 0.29) is 16.5 Å². The molecular weight excluding hydrogens is 230 g/mol. The second-order valence-electron chi connectivity index (χ2n) is 3.82. The Bertz CT molecular complexity index is 819. The van der Waals surface area contributed by atoms with Crippen LogP contribution in [0.25, 0.3) is 16.6 Å². The molecule has 0 fully saturated rings. The lowest BCUT2D eigenvalue weighted by Crippen LogP contribution is -2.24. The van der Waals surface area contributed by atoms with E-state index in [0.717, 1.165) is 0 Å². The number of nitrogens with zero attached hydrogens (tertiary/aromatic N) is 2. The summed E-state index contributed by atoms with van der Waals surface area (Å²) in [7, 11) is 0. The van der Waals surface area contributed by atoms with Gasteiger partial charge in [0.25, 0.3) is 11.1 Å². The molecule has 3 aromatic heterocycles. The van der Waals surface area contributed by atoms with Crippen LogP contribution in [0.5, 0.6) is 0 Å². The SMILES string of the molecule is O=c1[nH]ccc2ccn(-c3ccccn3)c(=O)c12. The van der Waals surface area contributed by atoms with Crippen LogP contribution in [-0.2, 0) is 0 Å². The zero-order valence-corrected chi connectivity index (χ0v) is 9.33. The average molecular weight is 239 g/mol. The van der Waals surface area contributed by atoms with Gasteiger partial charge in [0.2, 0.25) is 0 Å². The van der Waals surface area contributed by atoms with Crippen molar-refractivity contribution in [2.45, 2.75) is 0 Å². The number of rotatable bonds is 1. The molecule has 88 valence electrons. The topological polar surface area (TPSA) is 67.8 Å². The van der Waals surface area contributed by atoms with Crippen LogP contribution < -0.4 is 11.1 Å². The van der Waals surface area contributed by atoms with Crippen molar-refractivity contribution in [2.75, 3.05) is 0 Å². The highest BCUT2D eigenvalue weighted by molar-refractivity contribution is 5.80. The molecule has 0 unspecified atom stereocenters. The van der Waals surface area contributed by atoms with Crippen LogP contribution in [0, 0.1) is 0 Å². The van der Waals surface area contributed by atoms with Gasteiger partial charge in [0.05, 0.1) is 0 Å². The smallest absolute Gasteiger partial charge is 0.269 e. The number of fused-ring (bicyclic) bond motifs is 1. The van der Waals surface area contributed by atoms with Gasteiger partial charge in [-0.1, -0.05) is 6.07 Å². The van der Waals surface area contributed by atoms with E-state index < -0.39 is 0 Å². The molecule has 18 heavy (non-hydrogen) atoms. The number of pyridine rings is 3. The zero-order valence-electron chi connectivity index (χ0n) is 9.33. The van der Waals surface area contributed by atoms with E-state index in [1.54, 1.807) is 42.7 Å². The number of aromatic amines is 1. The Morgan fingerprint density at radius 3 is 2.78 bits per heavy atom. The minimum absolute atomic E-state index is 0.144. The van der Waals surface area contributed by atoms with Crippen molar-refractivity contribution < 1.29 is 0 Å². The summed E-state index contributed by atoms with van der Waals surface area (Å²) in [5, 5.41) is 0.765. The third-order valence-corrected chi connectivity index (χ3v) is 2.72. The van der Waals surface area contributed by atoms with Gasteiger partial charge in [-0.15, -0.1) is 0 Å². The fraction of sp³-hybridized carbons (Fsp3) is 0. The lowest BCUT2D eigenvalue weighted by atomic mass is 10.2. The predicted molar refractivity (Wildman–Crippen MR) is 68.0 cm³/mol. The molecule has 5 heteroatoms.